The number of nitrogens with zero attached hydrogens (tertiary/aromatic N) is 3. The summed E-state index contributed by atoms with van der Waals surface area (Å²) in [6.07, 6.45) is 6.51. The average molecular weight is 347 g/mol. The summed E-state index contributed by atoms with van der Waals surface area (Å²) in [6, 6.07) is 10.6. The first-order chi connectivity index (χ1) is 12.7. The van der Waals surface area contributed by atoms with E-state index in [0.29, 0.717) is 29.1 Å². The van der Waals surface area contributed by atoms with E-state index in [2.05, 4.69) is 15.8 Å². The topological polar surface area (TPSA) is 101 Å². The van der Waals surface area contributed by atoms with Crippen LogP contribution >= 0.6 is 0 Å². The number of rotatable bonds is 4. The van der Waals surface area contributed by atoms with Crippen molar-refractivity contribution in [2.24, 2.45) is 28.8 Å². The normalized spacial score (nSPS) is 30.8. The SMILES string of the molecule is N#CC(C#N)=NNc1ccc(C(=O)NC2C3CC4CC(C3)CC2C4)cc1. The second kappa shape index (κ2) is 6.80. The van der Waals surface area contributed by atoms with E-state index in [1.54, 1.807) is 36.4 Å². The fourth-order valence-electron chi connectivity index (χ4n) is 5.29. The van der Waals surface area contributed by atoms with Crippen molar-refractivity contribution < 1.29 is 4.79 Å². The summed E-state index contributed by atoms with van der Waals surface area (Å²) >= 11 is 0. The minimum Gasteiger partial charge on any atom is -0.349 e. The summed E-state index contributed by atoms with van der Waals surface area (Å²) in [5, 5.41) is 24.3. The van der Waals surface area contributed by atoms with Gasteiger partial charge in [-0.25, -0.2) is 0 Å². The van der Waals surface area contributed by atoms with E-state index in [9.17, 15) is 4.79 Å². The molecule has 4 fully saturated rings. The molecular formula is C20H21N5O. The molecule has 0 unspecified atom stereocenters. The highest BCUT2D eigenvalue weighted by atomic mass is 16.1. The van der Waals surface area contributed by atoms with E-state index in [4.69, 9.17) is 10.5 Å². The van der Waals surface area contributed by atoms with E-state index >= 15 is 0 Å². The highest BCUT2D eigenvalue weighted by Gasteiger charge is 2.48. The van der Waals surface area contributed by atoms with Crippen LogP contribution in [0.3, 0.4) is 0 Å². The van der Waals surface area contributed by atoms with Crippen LogP contribution in [-0.4, -0.2) is 17.7 Å². The van der Waals surface area contributed by atoms with Gasteiger partial charge in [-0.3, -0.25) is 10.2 Å². The zero-order valence-electron chi connectivity index (χ0n) is 14.5. The third-order valence-electron chi connectivity index (χ3n) is 6.18. The highest BCUT2D eigenvalue weighted by Crippen LogP contribution is 2.53. The van der Waals surface area contributed by atoms with Gasteiger partial charge in [0.15, 0.2) is 0 Å². The Hall–Kier alpha value is -2.86. The van der Waals surface area contributed by atoms with Crippen LogP contribution in [0, 0.1) is 46.3 Å². The van der Waals surface area contributed by atoms with Gasteiger partial charge in [0.05, 0.1) is 5.69 Å². The van der Waals surface area contributed by atoms with Gasteiger partial charge in [-0.1, -0.05) is 0 Å². The van der Waals surface area contributed by atoms with Gasteiger partial charge in [-0.2, -0.15) is 15.6 Å². The standard InChI is InChI=1S/C20H21N5O/c21-10-18(11-22)25-24-17-3-1-14(2-4-17)20(26)23-19-15-6-12-5-13(8-15)9-16(19)7-12/h1-4,12-13,15-16,19,24H,5-9H2,(H,23,26). The Bertz CT molecular complexity index is 770. The number of nitrogens with one attached hydrogen (secondary N) is 2. The zero-order valence-corrected chi connectivity index (χ0v) is 14.5. The van der Waals surface area contributed by atoms with Crippen molar-refractivity contribution in [1.29, 1.82) is 10.5 Å². The summed E-state index contributed by atoms with van der Waals surface area (Å²) in [5.74, 6) is 3.07. The van der Waals surface area contributed by atoms with Crippen molar-refractivity contribution >= 4 is 17.3 Å². The van der Waals surface area contributed by atoms with Gasteiger partial charge in [-0.05, 0) is 80.0 Å². The largest absolute Gasteiger partial charge is 0.349 e. The van der Waals surface area contributed by atoms with Gasteiger partial charge in [0.2, 0.25) is 5.71 Å². The number of nitriles is 2. The predicted octanol–water partition coefficient (Wildman–Crippen LogP) is 3.06. The molecule has 1 aromatic rings. The number of hydrogen-bond donors (Lipinski definition) is 2. The molecule has 0 aromatic heterocycles. The summed E-state index contributed by atoms with van der Waals surface area (Å²) in [4.78, 5) is 12.7. The Morgan fingerprint density at radius 2 is 1.54 bits per heavy atom. The number of carbonyl (C=O) groups is 1. The van der Waals surface area contributed by atoms with Crippen LogP contribution < -0.4 is 10.7 Å². The van der Waals surface area contributed by atoms with Crippen molar-refractivity contribution in [1.82, 2.24) is 5.32 Å². The highest BCUT2D eigenvalue weighted by molar-refractivity contribution is 6.10. The van der Waals surface area contributed by atoms with Crippen molar-refractivity contribution in [3.63, 3.8) is 0 Å². The maximum atomic E-state index is 12.7. The van der Waals surface area contributed by atoms with E-state index in [1.807, 2.05) is 0 Å². The molecule has 6 nitrogen and oxygen atoms in total. The molecule has 0 saturated heterocycles. The maximum Gasteiger partial charge on any atom is 0.251 e. The third-order valence-corrected chi connectivity index (χ3v) is 6.18. The summed E-state index contributed by atoms with van der Waals surface area (Å²) in [6.45, 7) is 0. The fourth-order valence-corrected chi connectivity index (χ4v) is 5.29. The summed E-state index contributed by atoms with van der Waals surface area (Å²) in [7, 11) is 0. The lowest BCUT2D eigenvalue weighted by Crippen LogP contribution is -2.55. The Labute approximate surface area is 152 Å². The molecule has 6 heteroatoms. The van der Waals surface area contributed by atoms with Gasteiger partial charge >= 0.3 is 0 Å². The summed E-state index contributed by atoms with van der Waals surface area (Å²) in [5.41, 5.74) is 3.65. The molecule has 4 bridgehead atoms. The van der Waals surface area contributed by atoms with Crippen LogP contribution in [-0.2, 0) is 0 Å². The van der Waals surface area contributed by atoms with E-state index in [-0.39, 0.29) is 11.6 Å². The molecule has 5 rings (SSSR count). The molecule has 0 aliphatic heterocycles. The minimum absolute atomic E-state index is 0.0211. The molecule has 0 spiro atoms. The Kier molecular flexibility index (Phi) is 4.34. The van der Waals surface area contributed by atoms with Crippen molar-refractivity contribution in [3.05, 3.63) is 29.8 Å². The van der Waals surface area contributed by atoms with E-state index in [0.717, 1.165) is 11.8 Å². The molecule has 132 valence electrons. The van der Waals surface area contributed by atoms with Crippen molar-refractivity contribution in [2.45, 2.75) is 38.1 Å². The van der Waals surface area contributed by atoms with Gasteiger partial charge in [0.25, 0.3) is 5.91 Å². The van der Waals surface area contributed by atoms with Crippen LogP contribution in [0.25, 0.3) is 0 Å². The number of amides is 1. The number of benzene rings is 1. The van der Waals surface area contributed by atoms with Crippen LogP contribution in [0.1, 0.15) is 42.5 Å². The van der Waals surface area contributed by atoms with Crippen molar-refractivity contribution in [2.75, 3.05) is 5.43 Å². The first-order valence-electron chi connectivity index (χ1n) is 9.21. The first kappa shape index (κ1) is 16.6. The first-order valence-corrected chi connectivity index (χ1v) is 9.21. The average Bonchev–Trinajstić information content (AvgIpc) is 2.65. The minimum atomic E-state index is -0.242. The predicted molar refractivity (Wildman–Crippen MR) is 97.0 cm³/mol. The smallest absolute Gasteiger partial charge is 0.251 e. The number of hydrazone groups is 1. The molecule has 4 aliphatic carbocycles. The molecule has 4 saturated carbocycles. The third kappa shape index (κ3) is 3.15. The molecule has 0 heterocycles. The van der Waals surface area contributed by atoms with Gasteiger partial charge in [0, 0.05) is 11.6 Å². The van der Waals surface area contributed by atoms with Crippen LogP contribution in [0.15, 0.2) is 29.4 Å². The van der Waals surface area contributed by atoms with Crippen LogP contribution in [0.5, 0.6) is 0 Å². The number of hydrogen-bond acceptors (Lipinski definition) is 5. The monoisotopic (exact) mass is 347 g/mol. The van der Waals surface area contributed by atoms with E-state index in [1.165, 1.54) is 32.1 Å². The second-order valence-corrected chi connectivity index (χ2v) is 7.80. The second-order valence-electron chi connectivity index (χ2n) is 7.80. The molecule has 1 amide bonds. The van der Waals surface area contributed by atoms with Gasteiger partial charge in [0.1, 0.15) is 12.1 Å². The molecule has 2 N–H and O–H groups in total. The summed E-state index contributed by atoms with van der Waals surface area (Å²) < 4.78 is 0. The van der Waals surface area contributed by atoms with Crippen LogP contribution in [0.2, 0.25) is 0 Å². The van der Waals surface area contributed by atoms with Crippen LogP contribution in [0.4, 0.5) is 5.69 Å². The lowest BCUT2D eigenvalue weighted by molar-refractivity contribution is -0.0119. The quantitative estimate of drug-likeness (QED) is 0.645. The molecule has 26 heavy (non-hydrogen) atoms. The lowest BCUT2D eigenvalue weighted by Gasteiger charge is -2.54. The van der Waals surface area contributed by atoms with Gasteiger partial charge < -0.3 is 5.32 Å². The Morgan fingerprint density at radius 3 is 2.08 bits per heavy atom. The molecule has 4 aliphatic rings. The Balaban J connectivity index is 1.39. The zero-order chi connectivity index (χ0) is 18.1. The fraction of sp³-hybridized carbons (Fsp3) is 0.500. The lowest BCUT2D eigenvalue weighted by atomic mass is 9.54. The number of anilines is 1. The molecule has 1 aromatic carbocycles. The maximum absolute atomic E-state index is 12.7. The Morgan fingerprint density at radius 1 is 0.962 bits per heavy atom. The van der Waals surface area contributed by atoms with E-state index < -0.39 is 0 Å². The number of carbonyl (C=O) groups excluding carboxylic acids is 1. The molecular weight excluding hydrogens is 326 g/mol. The van der Waals surface area contributed by atoms with Crippen molar-refractivity contribution in [3.8, 4) is 12.1 Å². The molecule has 0 atom stereocenters. The van der Waals surface area contributed by atoms with Gasteiger partial charge in [-0.15, -0.1) is 0 Å². The molecule has 0 radical (unpaired) electrons.